The summed E-state index contributed by atoms with van der Waals surface area (Å²) in [6.45, 7) is 2.75. The molecular formula is C21H25N3O6. The van der Waals surface area contributed by atoms with Crippen LogP contribution in [-0.4, -0.2) is 59.5 Å². The van der Waals surface area contributed by atoms with Crippen LogP contribution in [0.2, 0.25) is 0 Å². The molecule has 1 aliphatic heterocycles. The first-order valence-corrected chi connectivity index (χ1v) is 9.71. The van der Waals surface area contributed by atoms with Gasteiger partial charge in [-0.3, -0.25) is 14.4 Å². The first-order chi connectivity index (χ1) is 14.4. The Morgan fingerprint density at radius 2 is 2.00 bits per heavy atom. The van der Waals surface area contributed by atoms with Gasteiger partial charge in [0, 0.05) is 6.54 Å². The molecule has 9 nitrogen and oxygen atoms in total. The number of ether oxygens (including phenoxy) is 2. The number of rotatable bonds is 10. The van der Waals surface area contributed by atoms with Crippen LogP contribution in [0.5, 0.6) is 5.75 Å². The predicted octanol–water partition coefficient (Wildman–Crippen LogP) is 1.57. The number of methoxy groups -OCH3 is 1. The molecule has 1 atom stereocenters. The summed E-state index contributed by atoms with van der Waals surface area (Å²) in [5.74, 6) is -0.518. The fourth-order valence-electron chi connectivity index (χ4n) is 3.36. The SMILES string of the molecule is COc1ccc(Cn2ncc(N3CCC3COCCC(=O)O)c(C(C)=O)c2=O)cc1. The van der Waals surface area contributed by atoms with E-state index >= 15 is 0 Å². The lowest BCUT2D eigenvalue weighted by Gasteiger charge is -2.43. The van der Waals surface area contributed by atoms with E-state index in [0.29, 0.717) is 24.6 Å². The maximum atomic E-state index is 13.0. The van der Waals surface area contributed by atoms with E-state index in [4.69, 9.17) is 14.6 Å². The minimum Gasteiger partial charge on any atom is -0.497 e. The Morgan fingerprint density at radius 3 is 2.57 bits per heavy atom. The molecule has 1 unspecified atom stereocenters. The predicted molar refractivity (Wildman–Crippen MR) is 109 cm³/mol. The zero-order chi connectivity index (χ0) is 21.7. The lowest BCUT2D eigenvalue weighted by molar-refractivity contribution is -0.138. The normalized spacial score (nSPS) is 15.5. The van der Waals surface area contributed by atoms with Gasteiger partial charge < -0.3 is 19.5 Å². The molecule has 160 valence electrons. The second-order valence-electron chi connectivity index (χ2n) is 7.13. The van der Waals surface area contributed by atoms with Crippen molar-refractivity contribution in [2.75, 3.05) is 31.8 Å². The van der Waals surface area contributed by atoms with E-state index in [9.17, 15) is 14.4 Å². The molecule has 1 N–H and O–H groups in total. The van der Waals surface area contributed by atoms with E-state index in [-0.39, 0.29) is 37.0 Å². The molecule has 0 bridgehead atoms. The Morgan fingerprint density at radius 1 is 1.27 bits per heavy atom. The van der Waals surface area contributed by atoms with Gasteiger partial charge in [0.05, 0.1) is 51.2 Å². The van der Waals surface area contributed by atoms with Crippen molar-refractivity contribution in [1.82, 2.24) is 9.78 Å². The molecule has 0 saturated carbocycles. The monoisotopic (exact) mass is 415 g/mol. The van der Waals surface area contributed by atoms with Crippen LogP contribution in [0.15, 0.2) is 35.3 Å². The van der Waals surface area contributed by atoms with Gasteiger partial charge in [0.15, 0.2) is 5.78 Å². The van der Waals surface area contributed by atoms with Crippen LogP contribution < -0.4 is 15.2 Å². The highest BCUT2D eigenvalue weighted by Crippen LogP contribution is 2.28. The van der Waals surface area contributed by atoms with Crippen molar-refractivity contribution in [3.8, 4) is 5.75 Å². The number of ketones is 1. The molecule has 0 amide bonds. The standard InChI is InChI=1S/C21H25N3O6/c1-14(25)20-18(23-9-7-16(23)13-30-10-8-19(26)27)11-22-24(21(20)28)12-15-3-5-17(29-2)6-4-15/h3-6,11,16H,7-10,12-13H2,1-2H3,(H,26,27). The van der Waals surface area contributed by atoms with Crippen molar-refractivity contribution < 1.29 is 24.2 Å². The van der Waals surface area contributed by atoms with Crippen molar-refractivity contribution in [2.24, 2.45) is 0 Å². The van der Waals surface area contributed by atoms with Crippen molar-refractivity contribution in [1.29, 1.82) is 0 Å². The Labute approximate surface area is 173 Å². The number of carbonyl (C=O) groups is 2. The van der Waals surface area contributed by atoms with Gasteiger partial charge in [0.1, 0.15) is 11.3 Å². The van der Waals surface area contributed by atoms with Gasteiger partial charge in [0.2, 0.25) is 0 Å². The molecule has 1 fully saturated rings. The van der Waals surface area contributed by atoms with Crippen molar-refractivity contribution >= 4 is 17.4 Å². The van der Waals surface area contributed by atoms with Crippen molar-refractivity contribution in [3.63, 3.8) is 0 Å². The number of hydrogen-bond donors (Lipinski definition) is 1. The third-order valence-electron chi connectivity index (χ3n) is 5.09. The van der Waals surface area contributed by atoms with E-state index < -0.39 is 11.5 Å². The highest BCUT2D eigenvalue weighted by Gasteiger charge is 2.32. The second kappa shape index (κ2) is 9.53. The summed E-state index contributed by atoms with van der Waals surface area (Å²) >= 11 is 0. The molecule has 1 aromatic carbocycles. The molecule has 0 radical (unpaired) electrons. The lowest BCUT2D eigenvalue weighted by Crippen LogP contribution is -2.52. The molecular weight excluding hydrogens is 390 g/mol. The van der Waals surface area contributed by atoms with Gasteiger partial charge in [-0.15, -0.1) is 0 Å². The largest absolute Gasteiger partial charge is 0.497 e. The number of carboxylic acid groups (broad SMARTS) is 1. The van der Waals surface area contributed by atoms with Gasteiger partial charge in [-0.1, -0.05) is 12.1 Å². The fourth-order valence-corrected chi connectivity index (χ4v) is 3.36. The molecule has 3 rings (SSSR count). The Bertz CT molecular complexity index is 970. The number of aliphatic carboxylic acids is 1. The van der Waals surface area contributed by atoms with Crippen LogP contribution >= 0.6 is 0 Å². The number of benzene rings is 1. The zero-order valence-electron chi connectivity index (χ0n) is 17.0. The van der Waals surface area contributed by atoms with Crippen LogP contribution in [0.25, 0.3) is 0 Å². The van der Waals surface area contributed by atoms with E-state index in [1.807, 2.05) is 17.0 Å². The van der Waals surface area contributed by atoms with E-state index in [1.165, 1.54) is 11.6 Å². The number of hydrogen-bond acceptors (Lipinski definition) is 7. The molecule has 0 spiro atoms. The molecule has 2 heterocycles. The highest BCUT2D eigenvalue weighted by molar-refractivity contribution is 5.99. The third kappa shape index (κ3) is 4.85. The maximum absolute atomic E-state index is 13.0. The van der Waals surface area contributed by atoms with Gasteiger partial charge in [-0.05, 0) is 31.0 Å². The summed E-state index contributed by atoms with van der Waals surface area (Å²) in [5.41, 5.74) is 1.03. The molecule has 0 aliphatic carbocycles. The van der Waals surface area contributed by atoms with E-state index in [2.05, 4.69) is 5.10 Å². The summed E-state index contributed by atoms with van der Waals surface area (Å²) in [4.78, 5) is 37.8. The Kier molecular flexibility index (Phi) is 6.83. The summed E-state index contributed by atoms with van der Waals surface area (Å²) in [6, 6.07) is 7.27. The number of carbonyl (C=O) groups excluding carboxylic acids is 1. The first kappa shape index (κ1) is 21.5. The van der Waals surface area contributed by atoms with Gasteiger partial charge in [-0.2, -0.15) is 5.10 Å². The minimum absolute atomic E-state index is 0.0180. The topological polar surface area (TPSA) is 111 Å². The number of anilines is 1. The highest BCUT2D eigenvalue weighted by atomic mass is 16.5. The van der Waals surface area contributed by atoms with Crippen molar-refractivity contribution in [2.45, 2.75) is 32.4 Å². The number of nitrogens with zero attached hydrogens (tertiary/aromatic N) is 3. The van der Waals surface area contributed by atoms with Gasteiger partial charge in [0.25, 0.3) is 5.56 Å². The molecule has 1 aromatic heterocycles. The zero-order valence-corrected chi connectivity index (χ0v) is 17.0. The number of carboxylic acids is 1. The summed E-state index contributed by atoms with van der Waals surface area (Å²) < 4.78 is 11.8. The summed E-state index contributed by atoms with van der Waals surface area (Å²) in [7, 11) is 1.58. The maximum Gasteiger partial charge on any atom is 0.305 e. The molecule has 1 aliphatic rings. The molecule has 2 aromatic rings. The van der Waals surface area contributed by atoms with Crippen LogP contribution in [0.3, 0.4) is 0 Å². The van der Waals surface area contributed by atoms with Crippen LogP contribution in [0, 0.1) is 0 Å². The van der Waals surface area contributed by atoms with Gasteiger partial charge in [-0.25, -0.2) is 4.68 Å². The quantitative estimate of drug-likeness (QED) is 0.460. The third-order valence-corrected chi connectivity index (χ3v) is 5.09. The number of aromatic nitrogens is 2. The van der Waals surface area contributed by atoms with E-state index in [0.717, 1.165) is 12.0 Å². The fraction of sp³-hybridized carbons (Fsp3) is 0.429. The summed E-state index contributed by atoms with van der Waals surface area (Å²) in [5, 5.41) is 13.0. The van der Waals surface area contributed by atoms with Crippen molar-refractivity contribution in [3.05, 3.63) is 51.9 Å². The molecule has 9 heteroatoms. The van der Waals surface area contributed by atoms with Crippen LogP contribution in [-0.2, 0) is 16.1 Å². The lowest BCUT2D eigenvalue weighted by atomic mass is 10.0. The Balaban J connectivity index is 1.77. The molecule has 1 saturated heterocycles. The minimum atomic E-state index is -0.913. The Hall–Kier alpha value is -3.20. The first-order valence-electron chi connectivity index (χ1n) is 9.71. The van der Waals surface area contributed by atoms with Gasteiger partial charge >= 0.3 is 5.97 Å². The summed E-state index contributed by atoms with van der Waals surface area (Å²) in [6.07, 6.45) is 2.32. The average Bonchev–Trinajstić information content (AvgIpc) is 2.69. The second-order valence-corrected chi connectivity index (χ2v) is 7.13. The molecule has 30 heavy (non-hydrogen) atoms. The van der Waals surface area contributed by atoms with Crippen LogP contribution in [0.1, 0.15) is 35.7 Å². The van der Waals surface area contributed by atoms with E-state index in [1.54, 1.807) is 25.4 Å². The average molecular weight is 415 g/mol. The smallest absolute Gasteiger partial charge is 0.305 e. The van der Waals surface area contributed by atoms with Crippen LogP contribution in [0.4, 0.5) is 5.69 Å². The number of Topliss-reactive ketones (excluding diaryl/α,β-unsaturated/α-hetero) is 1.